The van der Waals surface area contributed by atoms with Gasteiger partial charge in [-0.3, -0.25) is 14.5 Å². The van der Waals surface area contributed by atoms with Crippen LogP contribution in [0.5, 0.6) is 17.2 Å². The van der Waals surface area contributed by atoms with E-state index >= 15 is 0 Å². The summed E-state index contributed by atoms with van der Waals surface area (Å²) in [6, 6.07) is 11.7. The minimum Gasteiger partial charge on any atom is -0.507 e. The van der Waals surface area contributed by atoms with Crippen molar-refractivity contribution in [3.8, 4) is 17.2 Å². The molecule has 1 unspecified atom stereocenters. The van der Waals surface area contributed by atoms with Crippen molar-refractivity contribution >= 4 is 17.4 Å². The van der Waals surface area contributed by atoms with Crippen LogP contribution in [0.15, 0.2) is 48.0 Å². The highest BCUT2D eigenvalue weighted by atomic mass is 16.5. The van der Waals surface area contributed by atoms with Crippen molar-refractivity contribution in [2.45, 2.75) is 53.0 Å². The molecule has 0 saturated carbocycles. The lowest BCUT2D eigenvalue weighted by molar-refractivity contribution is -0.140. The average Bonchev–Trinajstić information content (AvgIpc) is 3.26. The van der Waals surface area contributed by atoms with Crippen molar-refractivity contribution in [3.63, 3.8) is 0 Å². The molecule has 9 nitrogen and oxygen atoms in total. The molecule has 9 heteroatoms. The third-order valence-corrected chi connectivity index (χ3v) is 7.65. The average molecular weight is 595 g/mol. The van der Waals surface area contributed by atoms with Gasteiger partial charge in [-0.15, -0.1) is 0 Å². The normalized spacial score (nSPS) is 18.8. The van der Waals surface area contributed by atoms with E-state index in [4.69, 9.17) is 18.9 Å². The zero-order chi connectivity index (χ0) is 30.8. The zero-order valence-corrected chi connectivity index (χ0v) is 26.0. The quantitative estimate of drug-likeness (QED) is 0.165. The largest absolute Gasteiger partial charge is 0.507 e. The van der Waals surface area contributed by atoms with E-state index in [1.165, 1.54) is 0 Å². The molecule has 0 aromatic heterocycles. The fourth-order valence-corrected chi connectivity index (χ4v) is 5.32. The van der Waals surface area contributed by atoms with Gasteiger partial charge >= 0.3 is 0 Å². The maximum absolute atomic E-state index is 13.6. The summed E-state index contributed by atoms with van der Waals surface area (Å²) in [6.07, 6.45) is 2.46. The first-order valence-corrected chi connectivity index (χ1v) is 15.5. The smallest absolute Gasteiger partial charge is 0.295 e. The minimum atomic E-state index is -0.773. The molecule has 2 fully saturated rings. The van der Waals surface area contributed by atoms with Crippen molar-refractivity contribution < 1.29 is 33.6 Å². The first kappa shape index (κ1) is 32.4. The van der Waals surface area contributed by atoms with Crippen LogP contribution >= 0.6 is 0 Å². The molecule has 2 aromatic carbocycles. The lowest BCUT2D eigenvalue weighted by Crippen LogP contribution is -2.39. The van der Waals surface area contributed by atoms with Gasteiger partial charge in [0.2, 0.25) is 0 Å². The van der Waals surface area contributed by atoms with Gasteiger partial charge in [0.15, 0.2) is 11.5 Å². The number of Topliss-reactive ketones (excluding diaryl/α,β-unsaturated/α-hetero) is 1. The molecule has 2 heterocycles. The minimum absolute atomic E-state index is 0.0644. The summed E-state index contributed by atoms with van der Waals surface area (Å²) in [5.41, 5.74) is 1.18. The van der Waals surface area contributed by atoms with E-state index in [1.807, 2.05) is 32.0 Å². The number of carbonyl (C=O) groups excluding carboxylic acids is 2. The van der Waals surface area contributed by atoms with Crippen molar-refractivity contribution in [1.29, 1.82) is 0 Å². The highest BCUT2D eigenvalue weighted by Gasteiger charge is 2.46. The second kappa shape index (κ2) is 15.8. The number of amides is 1. The molecule has 1 amide bonds. The lowest BCUT2D eigenvalue weighted by Gasteiger charge is -2.29. The highest BCUT2D eigenvalue weighted by molar-refractivity contribution is 6.46. The SMILES string of the molecule is CCCOc1ccc(C(O)=C2C(=O)C(=O)N(CCCN3CCOCC3)C2c2ccc(OCCC(C)C)c(OCC)c2)cc1. The van der Waals surface area contributed by atoms with Gasteiger partial charge in [-0.2, -0.15) is 0 Å². The Balaban J connectivity index is 1.69. The summed E-state index contributed by atoms with van der Waals surface area (Å²) in [5.74, 6) is 0.795. The van der Waals surface area contributed by atoms with Crippen LogP contribution in [-0.2, 0) is 14.3 Å². The standard InChI is InChI=1S/C34H46N2O7/c1-5-19-42-27-11-8-25(9-12-27)32(37)30-31(26-10-13-28(29(23-26)41-6-2)43-20-14-24(3)4)36(34(39)33(30)38)16-7-15-35-17-21-40-22-18-35/h8-13,23-24,31,37H,5-7,14-22H2,1-4H3. The van der Waals surface area contributed by atoms with Crippen LogP contribution in [-0.4, -0.2) is 85.8 Å². The van der Waals surface area contributed by atoms with E-state index in [9.17, 15) is 14.7 Å². The number of ether oxygens (including phenoxy) is 4. The predicted octanol–water partition coefficient (Wildman–Crippen LogP) is 5.44. The Morgan fingerprint density at radius 3 is 2.37 bits per heavy atom. The van der Waals surface area contributed by atoms with Gasteiger partial charge in [-0.1, -0.05) is 26.8 Å². The van der Waals surface area contributed by atoms with Crippen molar-refractivity contribution in [1.82, 2.24) is 9.80 Å². The molecule has 1 N–H and O–H groups in total. The zero-order valence-electron chi connectivity index (χ0n) is 26.0. The van der Waals surface area contributed by atoms with Crippen LogP contribution in [0, 0.1) is 5.92 Å². The molecular weight excluding hydrogens is 548 g/mol. The fraction of sp³-hybridized carbons (Fsp3) is 0.529. The van der Waals surface area contributed by atoms with Crippen molar-refractivity contribution in [3.05, 3.63) is 59.2 Å². The van der Waals surface area contributed by atoms with Crippen LogP contribution in [0.2, 0.25) is 0 Å². The topological polar surface area (TPSA) is 97.8 Å². The Morgan fingerprint density at radius 1 is 0.953 bits per heavy atom. The number of hydrogen-bond donors (Lipinski definition) is 1. The van der Waals surface area contributed by atoms with Crippen LogP contribution in [0.4, 0.5) is 0 Å². The molecule has 0 aliphatic carbocycles. The maximum Gasteiger partial charge on any atom is 0.295 e. The first-order chi connectivity index (χ1) is 20.8. The molecule has 2 aromatic rings. The van der Waals surface area contributed by atoms with E-state index in [-0.39, 0.29) is 11.3 Å². The Bertz CT molecular complexity index is 1250. The fourth-order valence-electron chi connectivity index (χ4n) is 5.32. The third kappa shape index (κ3) is 8.30. The number of likely N-dealkylation sites (tertiary alicyclic amines) is 1. The molecule has 0 spiro atoms. The molecule has 0 bridgehead atoms. The number of hydrogen-bond acceptors (Lipinski definition) is 8. The molecule has 234 valence electrons. The summed E-state index contributed by atoms with van der Waals surface area (Å²) < 4.78 is 23.1. The van der Waals surface area contributed by atoms with E-state index in [0.29, 0.717) is 80.3 Å². The molecule has 2 aliphatic heterocycles. The number of ketones is 1. The molecule has 2 saturated heterocycles. The van der Waals surface area contributed by atoms with Gasteiger partial charge in [0.05, 0.1) is 44.6 Å². The summed E-state index contributed by atoms with van der Waals surface area (Å²) in [7, 11) is 0. The van der Waals surface area contributed by atoms with Crippen LogP contribution in [0.25, 0.3) is 5.76 Å². The lowest BCUT2D eigenvalue weighted by atomic mass is 9.95. The Hall–Kier alpha value is -3.56. The molecule has 0 radical (unpaired) electrons. The van der Waals surface area contributed by atoms with Gasteiger partial charge in [0.1, 0.15) is 11.5 Å². The summed E-state index contributed by atoms with van der Waals surface area (Å²) >= 11 is 0. The Kier molecular flexibility index (Phi) is 11.9. The van der Waals surface area contributed by atoms with E-state index < -0.39 is 17.7 Å². The molecule has 43 heavy (non-hydrogen) atoms. The number of nitrogens with zero attached hydrogens (tertiary/aromatic N) is 2. The number of aliphatic hydroxyl groups is 1. The summed E-state index contributed by atoms with van der Waals surface area (Å²) in [5, 5.41) is 11.5. The van der Waals surface area contributed by atoms with Crippen LogP contribution in [0.3, 0.4) is 0 Å². The monoisotopic (exact) mass is 594 g/mol. The number of benzene rings is 2. The second-order valence-corrected chi connectivity index (χ2v) is 11.3. The number of morpholine rings is 1. The summed E-state index contributed by atoms with van der Waals surface area (Å²) in [4.78, 5) is 30.9. The predicted molar refractivity (Wildman–Crippen MR) is 166 cm³/mol. The maximum atomic E-state index is 13.6. The van der Waals surface area contributed by atoms with Gasteiger partial charge in [0, 0.05) is 31.7 Å². The van der Waals surface area contributed by atoms with Gasteiger partial charge < -0.3 is 29.0 Å². The van der Waals surface area contributed by atoms with Gasteiger partial charge in [0.25, 0.3) is 11.7 Å². The highest BCUT2D eigenvalue weighted by Crippen LogP contribution is 2.42. The first-order valence-electron chi connectivity index (χ1n) is 15.5. The van der Waals surface area contributed by atoms with E-state index in [0.717, 1.165) is 32.5 Å². The molecule has 2 aliphatic rings. The molecule has 1 atom stereocenters. The van der Waals surface area contributed by atoms with E-state index in [1.54, 1.807) is 29.2 Å². The van der Waals surface area contributed by atoms with Crippen LogP contribution < -0.4 is 14.2 Å². The Morgan fingerprint density at radius 2 is 1.70 bits per heavy atom. The van der Waals surface area contributed by atoms with Gasteiger partial charge in [-0.05, 0) is 74.1 Å². The molecule has 4 rings (SSSR count). The summed E-state index contributed by atoms with van der Waals surface area (Å²) in [6.45, 7) is 14.0. The second-order valence-electron chi connectivity index (χ2n) is 11.3. The molecular formula is C34H46N2O7. The van der Waals surface area contributed by atoms with Crippen LogP contribution in [0.1, 0.15) is 64.1 Å². The number of aliphatic hydroxyl groups excluding tert-OH is 1. The third-order valence-electron chi connectivity index (χ3n) is 7.65. The van der Waals surface area contributed by atoms with Crippen molar-refractivity contribution in [2.75, 3.05) is 59.2 Å². The van der Waals surface area contributed by atoms with Crippen molar-refractivity contribution in [2.24, 2.45) is 5.92 Å². The number of carbonyl (C=O) groups is 2. The van der Waals surface area contributed by atoms with E-state index in [2.05, 4.69) is 18.7 Å². The Labute approximate surface area is 255 Å². The van der Waals surface area contributed by atoms with Gasteiger partial charge in [-0.25, -0.2) is 0 Å². The number of rotatable bonds is 15.